The molecular formula is C27H36N2O6. The van der Waals surface area contributed by atoms with Crippen molar-refractivity contribution in [3.05, 3.63) is 42.0 Å². The number of amides is 2. The van der Waals surface area contributed by atoms with Gasteiger partial charge in [-0.15, -0.1) is 6.58 Å². The fourth-order valence-electron chi connectivity index (χ4n) is 6.67. The van der Waals surface area contributed by atoms with E-state index in [1.807, 2.05) is 45.9 Å². The Bertz CT molecular complexity index is 1020. The molecule has 2 amide bonds. The number of ether oxygens (including phenoxy) is 1. The van der Waals surface area contributed by atoms with E-state index in [0.717, 1.165) is 16.8 Å². The fourth-order valence-corrected chi connectivity index (χ4v) is 6.67. The van der Waals surface area contributed by atoms with Crippen LogP contribution >= 0.6 is 0 Å². The molecule has 2 bridgehead atoms. The van der Waals surface area contributed by atoms with E-state index in [9.17, 15) is 24.6 Å². The standard InChI is InChI=1S/C27H36N2O6/c1-6-12-28(22-16(4)8-7-9-17(22)5)25(32)23-27-11-10-19(35-27)20(26(33)34)21(27)24(31)29(23)18(14-30)13-15(2)3/h6-9,15,18-21,23,30H,1,10-14H2,2-5H3,(H,33,34)/t18-,19-,20+,21+,23?,27?/m1/s1. The van der Waals surface area contributed by atoms with Crippen LogP contribution in [0.3, 0.4) is 0 Å². The summed E-state index contributed by atoms with van der Waals surface area (Å²) < 4.78 is 6.32. The van der Waals surface area contributed by atoms with Gasteiger partial charge in [0.05, 0.1) is 30.6 Å². The maximum atomic E-state index is 14.5. The van der Waals surface area contributed by atoms with Gasteiger partial charge < -0.3 is 24.7 Å². The van der Waals surface area contributed by atoms with Crippen molar-refractivity contribution in [2.24, 2.45) is 17.8 Å². The number of aliphatic hydroxyl groups is 1. The van der Waals surface area contributed by atoms with E-state index in [-0.39, 0.29) is 25.0 Å². The molecule has 35 heavy (non-hydrogen) atoms. The number of fused-ring (bicyclic) bond motifs is 1. The lowest BCUT2D eigenvalue weighted by Gasteiger charge is -2.40. The van der Waals surface area contributed by atoms with Crippen LogP contribution in [0, 0.1) is 31.6 Å². The SMILES string of the molecule is C=CCN(C(=O)C1N([C@@H](CO)CC(C)C)C(=O)[C@@H]2[C@@H](C(=O)O)[C@H]3CCC12O3)c1c(C)cccc1C. The number of carbonyl (C=O) groups is 3. The number of carboxylic acid groups (broad SMARTS) is 1. The molecule has 8 nitrogen and oxygen atoms in total. The zero-order valence-corrected chi connectivity index (χ0v) is 20.9. The van der Waals surface area contributed by atoms with Crippen molar-refractivity contribution >= 4 is 23.5 Å². The Hall–Kier alpha value is -2.71. The Morgan fingerprint density at radius 3 is 2.51 bits per heavy atom. The third kappa shape index (κ3) is 3.87. The Kier molecular flexibility index (Phi) is 6.81. The van der Waals surface area contributed by atoms with Crippen LogP contribution in [0.15, 0.2) is 30.9 Å². The minimum atomic E-state index is -1.22. The lowest BCUT2D eigenvalue weighted by molar-refractivity contribution is -0.151. The van der Waals surface area contributed by atoms with Gasteiger partial charge in [-0.25, -0.2) is 0 Å². The van der Waals surface area contributed by atoms with E-state index in [2.05, 4.69) is 6.58 Å². The number of nitrogens with zero attached hydrogens (tertiary/aromatic N) is 2. The number of carboxylic acids is 1. The number of likely N-dealkylation sites (tertiary alicyclic amines) is 1. The topological polar surface area (TPSA) is 107 Å². The number of hydrogen-bond donors (Lipinski definition) is 2. The molecule has 0 aliphatic carbocycles. The van der Waals surface area contributed by atoms with Crippen LogP contribution in [0.25, 0.3) is 0 Å². The van der Waals surface area contributed by atoms with Crippen LogP contribution < -0.4 is 4.90 Å². The summed E-state index contributed by atoms with van der Waals surface area (Å²) in [7, 11) is 0. The van der Waals surface area contributed by atoms with Gasteiger partial charge in [-0.2, -0.15) is 0 Å². The number of aliphatic hydroxyl groups excluding tert-OH is 1. The van der Waals surface area contributed by atoms with Gasteiger partial charge in [0.2, 0.25) is 5.91 Å². The molecular weight excluding hydrogens is 448 g/mol. The summed E-state index contributed by atoms with van der Waals surface area (Å²) in [6.07, 6.45) is 2.45. The molecule has 0 saturated carbocycles. The number of aryl methyl sites for hydroxylation is 2. The molecule has 3 heterocycles. The summed E-state index contributed by atoms with van der Waals surface area (Å²) in [5.41, 5.74) is 1.34. The fraction of sp³-hybridized carbons (Fsp3) is 0.593. The first-order valence-corrected chi connectivity index (χ1v) is 12.4. The maximum absolute atomic E-state index is 14.5. The minimum Gasteiger partial charge on any atom is -0.481 e. The predicted molar refractivity (Wildman–Crippen MR) is 131 cm³/mol. The normalized spacial score (nSPS) is 30.0. The van der Waals surface area contributed by atoms with Gasteiger partial charge in [0.25, 0.3) is 5.91 Å². The number of aliphatic carboxylic acids is 1. The van der Waals surface area contributed by atoms with Crippen molar-refractivity contribution < 1.29 is 29.3 Å². The van der Waals surface area contributed by atoms with Gasteiger partial charge in [0.1, 0.15) is 11.6 Å². The lowest BCUT2D eigenvalue weighted by atomic mass is 9.70. The van der Waals surface area contributed by atoms with Gasteiger partial charge in [-0.05, 0) is 50.2 Å². The highest BCUT2D eigenvalue weighted by molar-refractivity contribution is 6.05. The molecule has 1 spiro atoms. The second-order valence-corrected chi connectivity index (χ2v) is 10.6. The van der Waals surface area contributed by atoms with E-state index in [4.69, 9.17) is 4.74 Å². The third-order valence-corrected chi connectivity index (χ3v) is 7.89. The van der Waals surface area contributed by atoms with Gasteiger partial charge in [-0.3, -0.25) is 14.4 Å². The molecule has 2 N–H and O–H groups in total. The first-order valence-electron chi connectivity index (χ1n) is 12.4. The lowest BCUT2D eigenvalue weighted by Crippen LogP contribution is -2.59. The first-order chi connectivity index (χ1) is 16.6. The maximum Gasteiger partial charge on any atom is 0.310 e. The molecule has 3 aliphatic rings. The third-order valence-electron chi connectivity index (χ3n) is 7.89. The predicted octanol–water partition coefficient (Wildman–Crippen LogP) is 2.69. The van der Waals surface area contributed by atoms with E-state index < -0.39 is 47.5 Å². The first kappa shape index (κ1) is 25.4. The van der Waals surface area contributed by atoms with E-state index in [0.29, 0.717) is 19.3 Å². The van der Waals surface area contributed by atoms with Gasteiger partial charge in [0, 0.05) is 12.2 Å². The summed E-state index contributed by atoms with van der Waals surface area (Å²) in [5, 5.41) is 20.3. The van der Waals surface area contributed by atoms with Crippen LogP contribution in [-0.4, -0.2) is 69.8 Å². The molecule has 8 heteroatoms. The minimum absolute atomic E-state index is 0.157. The van der Waals surface area contributed by atoms with E-state index >= 15 is 0 Å². The largest absolute Gasteiger partial charge is 0.481 e. The Balaban J connectivity index is 1.87. The van der Waals surface area contributed by atoms with Crippen LogP contribution in [0.1, 0.15) is 44.2 Å². The van der Waals surface area contributed by atoms with Crippen LogP contribution in [0.4, 0.5) is 5.69 Å². The molecule has 6 atom stereocenters. The molecule has 3 saturated heterocycles. The molecule has 1 aromatic rings. The average molecular weight is 485 g/mol. The van der Waals surface area contributed by atoms with Crippen molar-refractivity contribution in [3.63, 3.8) is 0 Å². The molecule has 0 radical (unpaired) electrons. The van der Waals surface area contributed by atoms with Gasteiger partial charge in [-0.1, -0.05) is 38.1 Å². The van der Waals surface area contributed by atoms with Crippen molar-refractivity contribution in [1.29, 1.82) is 0 Å². The molecule has 3 fully saturated rings. The highest BCUT2D eigenvalue weighted by Gasteiger charge is 2.75. The molecule has 0 aromatic heterocycles. The number of carbonyl (C=O) groups excluding carboxylic acids is 2. The number of benzene rings is 1. The monoisotopic (exact) mass is 484 g/mol. The smallest absolute Gasteiger partial charge is 0.310 e. The van der Waals surface area contributed by atoms with Crippen molar-refractivity contribution in [1.82, 2.24) is 4.90 Å². The highest BCUT2D eigenvalue weighted by Crippen LogP contribution is 2.59. The van der Waals surface area contributed by atoms with Crippen molar-refractivity contribution in [2.45, 2.75) is 70.7 Å². The summed E-state index contributed by atoms with van der Waals surface area (Å²) in [6.45, 7) is 11.6. The van der Waals surface area contributed by atoms with Crippen molar-refractivity contribution in [3.8, 4) is 0 Å². The van der Waals surface area contributed by atoms with E-state index in [1.165, 1.54) is 4.90 Å². The number of anilines is 1. The molecule has 2 unspecified atom stereocenters. The summed E-state index contributed by atoms with van der Waals surface area (Å²) in [6, 6.07) is 4.14. The van der Waals surface area contributed by atoms with Gasteiger partial charge >= 0.3 is 5.97 Å². The Morgan fingerprint density at radius 1 is 1.31 bits per heavy atom. The molecule has 1 aromatic carbocycles. The van der Waals surface area contributed by atoms with Crippen LogP contribution in [0.5, 0.6) is 0 Å². The van der Waals surface area contributed by atoms with Crippen LogP contribution in [0.2, 0.25) is 0 Å². The van der Waals surface area contributed by atoms with E-state index in [1.54, 1.807) is 11.0 Å². The summed E-state index contributed by atoms with van der Waals surface area (Å²) >= 11 is 0. The molecule has 190 valence electrons. The number of hydrogen-bond acceptors (Lipinski definition) is 5. The van der Waals surface area contributed by atoms with Crippen molar-refractivity contribution in [2.75, 3.05) is 18.1 Å². The zero-order valence-electron chi connectivity index (χ0n) is 20.9. The zero-order chi connectivity index (χ0) is 25.7. The number of para-hydroxylation sites is 1. The molecule has 3 aliphatic heterocycles. The van der Waals surface area contributed by atoms with Gasteiger partial charge in [0.15, 0.2) is 0 Å². The number of rotatable bonds is 9. The Morgan fingerprint density at radius 2 is 1.97 bits per heavy atom. The highest BCUT2D eigenvalue weighted by atomic mass is 16.5. The summed E-state index contributed by atoms with van der Waals surface area (Å²) in [5.74, 6) is -3.60. The second-order valence-electron chi connectivity index (χ2n) is 10.6. The quantitative estimate of drug-likeness (QED) is 0.522. The Labute approximate surface area is 206 Å². The second kappa shape index (κ2) is 9.39. The molecule has 4 rings (SSSR count). The van der Waals surface area contributed by atoms with Crippen LogP contribution in [-0.2, 0) is 19.1 Å². The average Bonchev–Trinajstić information content (AvgIpc) is 3.43. The summed E-state index contributed by atoms with van der Waals surface area (Å²) in [4.78, 5) is 43.7.